The van der Waals surface area contributed by atoms with Crippen molar-refractivity contribution >= 4 is 31.4 Å². The Bertz CT molecular complexity index is 1020. The number of anilines is 2. The molecule has 2 aromatic rings. The van der Waals surface area contributed by atoms with Gasteiger partial charge in [-0.05, 0) is 57.4 Å². The van der Waals surface area contributed by atoms with Crippen LogP contribution >= 0.6 is 0 Å². The zero-order chi connectivity index (χ0) is 19.1. The predicted molar refractivity (Wildman–Crippen MR) is 98.4 cm³/mol. The molecular formula is C16H21N3O5S2. The van der Waals surface area contributed by atoms with E-state index in [0.29, 0.717) is 30.8 Å². The molecule has 1 aliphatic heterocycles. The van der Waals surface area contributed by atoms with E-state index in [-0.39, 0.29) is 22.1 Å². The van der Waals surface area contributed by atoms with Crippen LogP contribution in [0.4, 0.5) is 11.4 Å². The minimum absolute atomic E-state index is 0.0189. The molecule has 0 radical (unpaired) electrons. The molecule has 0 saturated carbocycles. The second-order valence-corrected chi connectivity index (χ2v) is 9.98. The molecule has 1 aliphatic rings. The summed E-state index contributed by atoms with van der Waals surface area (Å²) in [7, 11) is -7.20. The van der Waals surface area contributed by atoms with Crippen molar-refractivity contribution in [2.75, 3.05) is 21.3 Å². The van der Waals surface area contributed by atoms with Crippen LogP contribution in [0, 0.1) is 13.8 Å². The first-order valence-electron chi connectivity index (χ1n) is 8.24. The van der Waals surface area contributed by atoms with Gasteiger partial charge in [0.25, 0.3) is 10.0 Å². The summed E-state index contributed by atoms with van der Waals surface area (Å²) in [6, 6.07) is 4.90. The Morgan fingerprint density at radius 3 is 2.58 bits per heavy atom. The van der Waals surface area contributed by atoms with E-state index in [1.165, 1.54) is 11.2 Å². The van der Waals surface area contributed by atoms with Crippen molar-refractivity contribution in [1.29, 1.82) is 0 Å². The van der Waals surface area contributed by atoms with Crippen molar-refractivity contribution in [2.45, 2.75) is 38.5 Å². The average molecular weight is 399 g/mol. The molecule has 0 spiro atoms. The smallest absolute Gasteiger partial charge is 0.267 e. The number of benzene rings is 1. The summed E-state index contributed by atoms with van der Waals surface area (Å²) in [5.74, 6) is 0.237. The predicted octanol–water partition coefficient (Wildman–Crippen LogP) is 2.19. The lowest BCUT2D eigenvalue weighted by Gasteiger charge is -2.30. The van der Waals surface area contributed by atoms with E-state index in [1.807, 2.05) is 0 Å². The second kappa shape index (κ2) is 6.58. The number of fused-ring (bicyclic) bond motifs is 1. The summed E-state index contributed by atoms with van der Waals surface area (Å²) in [6.07, 6.45) is 1.37. The molecule has 0 atom stereocenters. The third-order valence-electron chi connectivity index (χ3n) is 4.34. The molecule has 0 fully saturated rings. The monoisotopic (exact) mass is 399 g/mol. The van der Waals surface area contributed by atoms with E-state index in [4.69, 9.17) is 4.52 Å². The van der Waals surface area contributed by atoms with Gasteiger partial charge in [-0.1, -0.05) is 5.16 Å². The van der Waals surface area contributed by atoms with Gasteiger partial charge in [0.1, 0.15) is 5.69 Å². The van der Waals surface area contributed by atoms with Gasteiger partial charge in [-0.3, -0.25) is 9.03 Å². The number of hydrogen-bond donors (Lipinski definition) is 1. The second-order valence-electron chi connectivity index (χ2n) is 6.18. The first-order chi connectivity index (χ1) is 12.2. The minimum Gasteiger partial charge on any atom is -0.360 e. The topological polar surface area (TPSA) is 110 Å². The third kappa shape index (κ3) is 3.30. The molecule has 26 heavy (non-hydrogen) atoms. The average Bonchev–Trinajstić information content (AvgIpc) is 2.93. The summed E-state index contributed by atoms with van der Waals surface area (Å²) in [5, 5.41) is 3.67. The lowest BCUT2D eigenvalue weighted by atomic mass is 10.0. The quantitative estimate of drug-likeness (QED) is 0.825. The van der Waals surface area contributed by atoms with Gasteiger partial charge in [0, 0.05) is 12.2 Å². The summed E-state index contributed by atoms with van der Waals surface area (Å²) in [4.78, 5) is 0.0189. The summed E-state index contributed by atoms with van der Waals surface area (Å²) in [5.41, 5.74) is 2.07. The highest BCUT2D eigenvalue weighted by molar-refractivity contribution is 7.93. The molecule has 1 aromatic carbocycles. The van der Waals surface area contributed by atoms with Gasteiger partial charge in [0.2, 0.25) is 10.0 Å². The number of sulfonamides is 2. The molecule has 0 unspecified atom stereocenters. The van der Waals surface area contributed by atoms with Crippen LogP contribution in [0.3, 0.4) is 0 Å². The first-order valence-corrected chi connectivity index (χ1v) is 11.3. The summed E-state index contributed by atoms with van der Waals surface area (Å²) < 4.78 is 58.6. The highest BCUT2D eigenvalue weighted by Crippen LogP contribution is 2.32. The molecule has 2 heterocycles. The van der Waals surface area contributed by atoms with Crippen LogP contribution in [0.15, 0.2) is 27.6 Å². The number of rotatable bonds is 5. The van der Waals surface area contributed by atoms with Crippen molar-refractivity contribution < 1.29 is 21.4 Å². The highest BCUT2D eigenvalue weighted by atomic mass is 32.2. The number of nitrogens with zero attached hydrogens (tertiary/aromatic N) is 2. The van der Waals surface area contributed by atoms with Crippen molar-refractivity contribution in [3.8, 4) is 0 Å². The maximum absolute atomic E-state index is 12.6. The van der Waals surface area contributed by atoms with Crippen LogP contribution < -0.4 is 9.03 Å². The Hall–Kier alpha value is -2.07. The van der Waals surface area contributed by atoms with Crippen LogP contribution in [-0.4, -0.2) is 34.3 Å². The minimum atomic E-state index is -3.84. The number of hydrogen-bond acceptors (Lipinski definition) is 6. The van der Waals surface area contributed by atoms with Gasteiger partial charge in [0.05, 0.1) is 11.4 Å². The van der Waals surface area contributed by atoms with E-state index in [2.05, 4.69) is 9.88 Å². The van der Waals surface area contributed by atoms with Crippen LogP contribution in [0.1, 0.15) is 30.4 Å². The van der Waals surface area contributed by atoms with Crippen LogP contribution in [-0.2, 0) is 26.5 Å². The molecule has 10 heteroatoms. The van der Waals surface area contributed by atoms with E-state index in [0.717, 1.165) is 5.56 Å². The molecule has 8 nitrogen and oxygen atoms in total. The van der Waals surface area contributed by atoms with Crippen LogP contribution in [0.5, 0.6) is 0 Å². The molecule has 0 amide bonds. The SMILES string of the molecule is CCS(=O)(=O)N1CCCc2cc(NS(=O)(=O)c3c(C)noc3C)ccc21. The normalized spacial score (nSPS) is 15.0. The fraction of sp³-hybridized carbons (Fsp3) is 0.438. The van der Waals surface area contributed by atoms with E-state index in [9.17, 15) is 16.8 Å². The molecular weight excluding hydrogens is 378 g/mol. The Labute approximate surface area is 153 Å². The van der Waals surface area contributed by atoms with Crippen molar-refractivity contribution in [1.82, 2.24) is 5.16 Å². The van der Waals surface area contributed by atoms with Crippen molar-refractivity contribution in [3.63, 3.8) is 0 Å². The Kier molecular flexibility index (Phi) is 4.74. The molecule has 142 valence electrons. The Morgan fingerprint density at radius 1 is 1.23 bits per heavy atom. The Morgan fingerprint density at radius 2 is 1.96 bits per heavy atom. The standard InChI is InChI=1S/C16H21N3O5S2/c1-4-25(20,21)19-9-5-6-13-10-14(7-8-15(13)19)18-26(22,23)16-11(2)17-24-12(16)3/h7-8,10,18H,4-6,9H2,1-3H3. The van der Waals surface area contributed by atoms with Crippen LogP contribution in [0.2, 0.25) is 0 Å². The molecule has 3 rings (SSSR count). The zero-order valence-electron chi connectivity index (χ0n) is 14.8. The van der Waals surface area contributed by atoms with E-state index >= 15 is 0 Å². The molecule has 1 aromatic heterocycles. The largest absolute Gasteiger partial charge is 0.360 e. The van der Waals surface area contributed by atoms with Gasteiger partial charge in [-0.15, -0.1) is 0 Å². The van der Waals surface area contributed by atoms with Gasteiger partial charge in [-0.2, -0.15) is 0 Å². The number of aryl methyl sites for hydroxylation is 3. The third-order valence-corrected chi connectivity index (χ3v) is 7.75. The van der Waals surface area contributed by atoms with Crippen molar-refractivity contribution in [3.05, 3.63) is 35.2 Å². The Balaban J connectivity index is 1.95. The molecule has 0 aliphatic carbocycles. The lowest BCUT2D eigenvalue weighted by molar-refractivity contribution is 0.390. The fourth-order valence-electron chi connectivity index (χ4n) is 3.14. The van der Waals surface area contributed by atoms with E-state index < -0.39 is 20.0 Å². The lowest BCUT2D eigenvalue weighted by Crippen LogP contribution is -2.36. The molecule has 0 bridgehead atoms. The number of aromatic nitrogens is 1. The van der Waals surface area contributed by atoms with Gasteiger partial charge < -0.3 is 4.52 Å². The van der Waals surface area contributed by atoms with E-state index in [1.54, 1.807) is 32.0 Å². The summed E-state index contributed by atoms with van der Waals surface area (Å²) >= 11 is 0. The van der Waals surface area contributed by atoms with Crippen molar-refractivity contribution in [2.24, 2.45) is 0 Å². The summed E-state index contributed by atoms with van der Waals surface area (Å²) in [6.45, 7) is 5.14. The maximum atomic E-state index is 12.6. The van der Waals surface area contributed by atoms with Crippen LogP contribution in [0.25, 0.3) is 0 Å². The van der Waals surface area contributed by atoms with Gasteiger partial charge in [-0.25, -0.2) is 16.8 Å². The first kappa shape index (κ1) is 18.7. The zero-order valence-corrected chi connectivity index (χ0v) is 16.4. The molecule has 1 N–H and O–H groups in total. The fourth-order valence-corrected chi connectivity index (χ4v) is 5.71. The van der Waals surface area contributed by atoms with Gasteiger partial charge in [0.15, 0.2) is 10.7 Å². The van der Waals surface area contributed by atoms with Gasteiger partial charge >= 0.3 is 0 Å². The highest BCUT2D eigenvalue weighted by Gasteiger charge is 2.28. The maximum Gasteiger partial charge on any atom is 0.267 e. The number of nitrogens with one attached hydrogen (secondary N) is 1. The molecule has 0 saturated heterocycles.